The number of hydrogen-bond acceptors (Lipinski definition) is 9. The van der Waals surface area contributed by atoms with E-state index in [0.717, 1.165) is 5.56 Å². The molecule has 2 aromatic carbocycles. The maximum atomic E-state index is 12.6. The molecule has 3 aromatic rings. The van der Waals surface area contributed by atoms with Crippen LogP contribution in [-0.2, 0) is 31.4 Å². The van der Waals surface area contributed by atoms with Crippen molar-refractivity contribution in [2.75, 3.05) is 33.1 Å². The molecule has 3 rings (SSSR count). The summed E-state index contributed by atoms with van der Waals surface area (Å²) in [4.78, 5) is 61.0. The molecule has 3 amide bonds. The molecule has 13 heteroatoms. The van der Waals surface area contributed by atoms with Crippen LogP contribution in [0.25, 0.3) is 11.0 Å². The highest BCUT2D eigenvalue weighted by Crippen LogP contribution is 2.36. The molecule has 0 saturated heterocycles. The monoisotopic (exact) mass is 585 g/mol. The van der Waals surface area contributed by atoms with Gasteiger partial charge in [-0.2, -0.15) is 11.8 Å². The predicted octanol–water partition coefficient (Wildman–Crippen LogP) is 1.40. The highest BCUT2D eigenvalue weighted by molar-refractivity contribution is 7.98. The van der Waals surface area contributed by atoms with E-state index in [1.54, 1.807) is 19.1 Å². The highest BCUT2D eigenvalue weighted by atomic mass is 32.2. The van der Waals surface area contributed by atoms with E-state index in [2.05, 4.69) is 16.0 Å². The molecule has 0 spiro atoms. The Labute approximate surface area is 239 Å². The smallest absolute Gasteiger partial charge is 0.340 e. The number of ether oxygens (including phenoxy) is 2. The van der Waals surface area contributed by atoms with Crippen LogP contribution in [0.15, 0.2) is 51.7 Å². The maximum absolute atomic E-state index is 12.6. The van der Waals surface area contributed by atoms with Crippen molar-refractivity contribution in [3.63, 3.8) is 0 Å². The number of carboxylic acids is 1. The molecule has 1 unspecified atom stereocenters. The zero-order valence-electron chi connectivity index (χ0n) is 22.8. The lowest BCUT2D eigenvalue weighted by molar-refractivity contribution is -0.141. The molecule has 41 heavy (non-hydrogen) atoms. The lowest BCUT2D eigenvalue weighted by atomic mass is 10.0. The number of carbonyl (C=O) groups is 4. The average molecular weight is 586 g/mol. The van der Waals surface area contributed by atoms with E-state index in [-0.39, 0.29) is 29.1 Å². The average Bonchev–Trinajstić information content (AvgIpc) is 2.96. The number of amides is 3. The number of nitrogens with one attached hydrogen (secondary N) is 3. The Balaban J connectivity index is 1.48. The summed E-state index contributed by atoms with van der Waals surface area (Å²) in [6, 6.07) is 11.7. The molecule has 1 atom stereocenters. The van der Waals surface area contributed by atoms with Gasteiger partial charge in [0.15, 0.2) is 11.3 Å². The lowest BCUT2D eigenvalue weighted by Gasteiger charge is -2.15. The fraction of sp³-hybridized carbons (Fsp3) is 0.321. The van der Waals surface area contributed by atoms with Gasteiger partial charge in [-0.25, -0.2) is 9.59 Å². The van der Waals surface area contributed by atoms with Crippen LogP contribution in [0.3, 0.4) is 0 Å². The SMILES string of the molecule is COc1ccc2c(C)c(CC(=O)NCC(=O)NCC(=O)NC(CSCc3ccccc3)C(=O)O)c(=O)oc2c1OC. The number of carbonyl (C=O) groups excluding carboxylic acids is 3. The summed E-state index contributed by atoms with van der Waals surface area (Å²) in [6.45, 7) is 0.745. The molecule has 218 valence electrons. The second kappa shape index (κ2) is 14.7. The van der Waals surface area contributed by atoms with Gasteiger partial charge in [0.2, 0.25) is 23.5 Å². The minimum atomic E-state index is -1.19. The Morgan fingerprint density at radius 3 is 2.29 bits per heavy atom. The Bertz CT molecular complexity index is 1470. The number of thioether (sulfide) groups is 1. The van der Waals surface area contributed by atoms with Crippen LogP contribution >= 0.6 is 11.8 Å². The zero-order valence-corrected chi connectivity index (χ0v) is 23.6. The van der Waals surface area contributed by atoms with Crippen molar-refractivity contribution >= 4 is 46.4 Å². The number of rotatable bonds is 14. The minimum absolute atomic E-state index is 0.117. The second-order valence-electron chi connectivity index (χ2n) is 8.86. The van der Waals surface area contributed by atoms with E-state index in [4.69, 9.17) is 13.9 Å². The van der Waals surface area contributed by atoms with Gasteiger partial charge in [-0.05, 0) is 30.2 Å². The van der Waals surface area contributed by atoms with Crippen molar-refractivity contribution in [3.8, 4) is 11.5 Å². The summed E-state index contributed by atoms with van der Waals surface area (Å²) in [6.07, 6.45) is -0.340. The van der Waals surface area contributed by atoms with Crippen LogP contribution in [0.5, 0.6) is 11.5 Å². The van der Waals surface area contributed by atoms with Crippen LogP contribution in [0.1, 0.15) is 16.7 Å². The summed E-state index contributed by atoms with van der Waals surface area (Å²) >= 11 is 1.36. The molecule has 1 aromatic heterocycles. The van der Waals surface area contributed by atoms with Crippen LogP contribution in [0.4, 0.5) is 0 Å². The Hall–Kier alpha value is -4.52. The molecule has 1 heterocycles. The maximum Gasteiger partial charge on any atom is 0.340 e. The van der Waals surface area contributed by atoms with E-state index < -0.39 is 48.4 Å². The Kier molecular flexibility index (Phi) is 11.2. The molecular weight excluding hydrogens is 554 g/mol. The first-order chi connectivity index (χ1) is 19.6. The van der Waals surface area contributed by atoms with Crippen molar-refractivity contribution in [1.29, 1.82) is 0 Å². The van der Waals surface area contributed by atoms with Crippen molar-refractivity contribution < 1.29 is 38.2 Å². The van der Waals surface area contributed by atoms with Crippen LogP contribution in [0.2, 0.25) is 0 Å². The van der Waals surface area contributed by atoms with E-state index in [1.807, 2.05) is 30.3 Å². The molecule has 0 saturated carbocycles. The third-order valence-corrected chi connectivity index (χ3v) is 7.16. The highest BCUT2D eigenvalue weighted by Gasteiger charge is 2.21. The third kappa shape index (κ3) is 8.48. The van der Waals surface area contributed by atoms with E-state index in [9.17, 15) is 29.1 Å². The van der Waals surface area contributed by atoms with Gasteiger partial charge in [-0.3, -0.25) is 14.4 Å². The van der Waals surface area contributed by atoms with E-state index in [0.29, 0.717) is 22.5 Å². The summed E-state index contributed by atoms with van der Waals surface area (Å²) in [5.74, 6) is -1.80. The quantitative estimate of drug-likeness (QED) is 0.203. The van der Waals surface area contributed by atoms with Gasteiger partial charge in [0.1, 0.15) is 6.04 Å². The van der Waals surface area contributed by atoms with Gasteiger partial charge in [0.05, 0.1) is 39.3 Å². The van der Waals surface area contributed by atoms with Crippen LogP contribution in [0, 0.1) is 6.92 Å². The number of aryl methyl sites for hydroxylation is 1. The zero-order chi connectivity index (χ0) is 29.9. The molecular formula is C28H31N3O9S. The molecule has 0 aliphatic carbocycles. The molecule has 4 N–H and O–H groups in total. The second-order valence-corrected chi connectivity index (χ2v) is 9.89. The topological polar surface area (TPSA) is 173 Å². The van der Waals surface area contributed by atoms with Crippen LogP contribution in [-0.4, -0.2) is 67.9 Å². The summed E-state index contributed by atoms with van der Waals surface area (Å²) in [5.41, 5.74) is 1.12. The number of benzene rings is 2. The first-order valence-electron chi connectivity index (χ1n) is 12.5. The summed E-state index contributed by atoms with van der Waals surface area (Å²) in [5, 5.41) is 17.1. The predicted molar refractivity (Wildman–Crippen MR) is 152 cm³/mol. The standard InChI is InChI=1S/C28H31N3O9S/c1-16-18-9-10-21(38-2)26(39-3)25(18)40-28(37)19(16)11-22(32)29-12-23(33)30-13-24(34)31-20(27(35)36)15-41-14-17-7-5-4-6-8-17/h4-10,20H,11-15H2,1-3H3,(H,29,32)(H,30,33)(H,31,34)(H,35,36). The molecule has 0 bridgehead atoms. The molecule has 0 aliphatic heterocycles. The Morgan fingerprint density at radius 1 is 0.951 bits per heavy atom. The van der Waals surface area contributed by atoms with Gasteiger partial charge >= 0.3 is 11.6 Å². The van der Waals surface area contributed by atoms with Crippen LogP contribution < -0.4 is 31.0 Å². The fourth-order valence-corrected chi connectivity index (χ4v) is 4.91. The molecule has 0 radical (unpaired) electrons. The van der Waals surface area contributed by atoms with Crippen molar-refractivity contribution in [1.82, 2.24) is 16.0 Å². The van der Waals surface area contributed by atoms with Gasteiger partial charge in [0, 0.05) is 16.9 Å². The minimum Gasteiger partial charge on any atom is -0.493 e. The van der Waals surface area contributed by atoms with Crippen molar-refractivity contribution in [2.24, 2.45) is 0 Å². The normalized spacial score (nSPS) is 11.4. The van der Waals surface area contributed by atoms with E-state index in [1.165, 1.54) is 26.0 Å². The molecule has 0 fully saturated rings. The van der Waals surface area contributed by atoms with Gasteiger partial charge in [-0.1, -0.05) is 30.3 Å². The number of methoxy groups -OCH3 is 2. The van der Waals surface area contributed by atoms with Gasteiger partial charge in [0.25, 0.3) is 0 Å². The number of fused-ring (bicyclic) bond motifs is 1. The first-order valence-corrected chi connectivity index (χ1v) is 13.6. The lowest BCUT2D eigenvalue weighted by Crippen LogP contribution is -2.48. The number of carboxylic acid groups (broad SMARTS) is 1. The number of aliphatic carboxylic acids is 1. The number of hydrogen-bond donors (Lipinski definition) is 4. The van der Waals surface area contributed by atoms with E-state index >= 15 is 0 Å². The Morgan fingerprint density at radius 2 is 1.63 bits per heavy atom. The molecule has 0 aliphatic rings. The fourth-order valence-electron chi connectivity index (χ4n) is 3.90. The van der Waals surface area contributed by atoms with Crippen molar-refractivity contribution in [3.05, 3.63) is 69.6 Å². The van der Waals surface area contributed by atoms with Crippen molar-refractivity contribution in [2.45, 2.75) is 25.1 Å². The summed E-state index contributed by atoms with van der Waals surface area (Å²) < 4.78 is 16.0. The largest absolute Gasteiger partial charge is 0.493 e. The van der Waals surface area contributed by atoms with Gasteiger partial charge < -0.3 is 34.9 Å². The third-order valence-electron chi connectivity index (χ3n) is 6.06. The summed E-state index contributed by atoms with van der Waals surface area (Å²) in [7, 11) is 2.87. The first kappa shape index (κ1) is 31.0. The molecule has 12 nitrogen and oxygen atoms in total. The van der Waals surface area contributed by atoms with Gasteiger partial charge in [-0.15, -0.1) is 0 Å².